The lowest BCUT2D eigenvalue weighted by Gasteiger charge is -2.05. The summed E-state index contributed by atoms with van der Waals surface area (Å²) in [5.41, 5.74) is 2.60. The molecule has 0 radical (unpaired) electrons. The SMILES string of the molecule is C[C@H]1NCc2nn(Cc3ccc(F)cc3F)cc21. The monoisotopic (exact) mass is 249 g/mol. The third kappa shape index (κ3) is 1.90. The van der Waals surface area contributed by atoms with E-state index < -0.39 is 11.6 Å². The second-order valence-corrected chi connectivity index (χ2v) is 4.57. The number of hydrogen-bond donors (Lipinski definition) is 1. The Hall–Kier alpha value is -1.75. The Balaban J connectivity index is 1.87. The number of nitrogens with zero attached hydrogens (tertiary/aromatic N) is 2. The van der Waals surface area contributed by atoms with Crippen molar-refractivity contribution in [3.05, 3.63) is 52.9 Å². The minimum Gasteiger partial charge on any atom is -0.304 e. The zero-order chi connectivity index (χ0) is 12.7. The predicted molar refractivity (Wildman–Crippen MR) is 62.9 cm³/mol. The van der Waals surface area contributed by atoms with Crippen LogP contribution >= 0.6 is 0 Å². The van der Waals surface area contributed by atoms with Crippen LogP contribution in [0, 0.1) is 11.6 Å². The summed E-state index contributed by atoms with van der Waals surface area (Å²) in [5, 5.41) is 7.67. The third-order valence-corrected chi connectivity index (χ3v) is 3.26. The molecule has 1 aromatic heterocycles. The molecule has 1 atom stereocenters. The molecule has 0 saturated carbocycles. The van der Waals surface area contributed by atoms with Gasteiger partial charge in [0.1, 0.15) is 11.6 Å². The molecule has 94 valence electrons. The molecule has 1 aliphatic heterocycles. The van der Waals surface area contributed by atoms with Crippen LogP contribution < -0.4 is 5.32 Å². The second-order valence-electron chi connectivity index (χ2n) is 4.57. The summed E-state index contributed by atoms with van der Waals surface area (Å²) in [5.74, 6) is -1.09. The summed E-state index contributed by atoms with van der Waals surface area (Å²) in [6, 6.07) is 3.90. The van der Waals surface area contributed by atoms with Gasteiger partial charge in [0.05, 0.1) is 12.2 Å². The van der Waals surface area contributed by atoms with E-state index in [1.54, 1.807) is 4.68 Å². The van der Waals surface area contributed by atoms with Crippen LogP contribution in [0.2, 0.25) is 0 Å². The zero-order valence-corrected chi connectivity index (χ0v) is 9.95. The molecule has 0 amide bonds. The number of halogens is 2. The van der Waals surface area contributed by atoms with Gasteiger partial charge >= 0.3 is 0 Å². The molecule has 2 aromatic rings. The first-order valence-electron chi connectivity index (χ1n) is 5.87. The maximum Gasteiger partial charge on any atom is 0.131 e. The van der Waals surface area contributed by atoms with Crippen molar-refractivity contribution in [1.29, 1.82) is 0 Å². The number of fused-ring (bicyclic) bond motifs is 1. The van der Waals surface area contributed by atoms with Gasteiger partial charge < -0.3 is 5.32 Å². The van der Waals surface area contributed by atoms with E-state index in [4.69, 9.17) is 0 Å². The van der Waals surface area contributed by atoms with Crippen molar-refractivity contribution < 1.29 is 8.78 Å². The van der Waals surface area contributed by atoms with Crippen molar-refractivity contribution in [1.82, 2.24) is 15.1 Å². The number of nitrogens with one attached hydrogen (secondary N) is 1. The summed E-state index contributed by atoms with van der Waals surface area (Å²) in [4.78, 5) is 0. The number of benzene rings is 1. The highest BCUT2D eigenvalue weighted by Gasteiger charge is 2.21. The molecule has 18 heavy (non-hydrogen) atoms. The summed E-state index contributed by atoms with van der Waals surface area (Å²) in [6.45, 7) is 3.14. The first-order chi connectivity index (χ1) is 8.63. The van der Waals surface area contributed by atoms with Crippen LogP contribution in [-0.4, -0.2) is 9.78 Å². The number of aromatic nitrogens is 2. The summed E-state index contributed by atoms with van der Waals surface area (Å²) < 4.78 is 28.0. The molecule has 2 heterocycles. The van der Waals surface area contributed by atoms with Crippen LogP contribution in [0.15, 0.2) is 24.4 Å². The van der Waals surface area contributed by atoms with E-state index >= 15 is 0 Å². The van der Waals surface area contributed by atoms with Gasteiger partial charge in [-0.1, -0.05) is 6.07 Å². The van der Waals surface area contributed by atoms with Gasteiger partial charge in [-0.25, -0.2) is 8.78 Å². The zero-order valence-electron chi connectivity index (χ0n) is 9.95. The van der Waals surface area contributed by atoms with Crippen LogP contribution in [0.4, 0.5) is 8.78 Å². The molecule has 0 bridgehead atoms. The van der Waals surface area contributed by atoms with Gasteiger partial charge in [-0.15, -0.1) is 0 Å². The highest BCUT2D eigenvalue weighted by molar-refractivity contribution is 5.26. The molecule has 0 unspecified atom stereocenters. The van der Waals surface area contributed by atoms with Crippen LogP contribution in [-0.2, 0) is 13.1 Å². The average molecular weight is 249 g/mol. The van der Waals surface area contributed by atoms with E-state index in [0.717, 1.165) is 23.9 Å². The second kappa shape index (κ2) is 4.17. The Kier molecular flexibility index (Phi) is 2.63. The molecular weight excluding hydrogens is 236 g/mol. The number of hydrogen-bond acceptors (Lipinski definition) is 2. The predicted octanol–water partition coefficient (Wildman–Crippen LogP) is 2.37. The topological polar surface area (TPSA) is 29.9 Å². The van der Waals surface area contributed by atoms with Gasteiger partial charge in [0.25, 0.3) is 0 Å². The molecule has 3 nitrogen and oxygen atoms in total. The minimum atomic E-state index is -0.558. The largest absolute Gasteiger partial charge is 0.304 e. The lowest BCUT2D eigenvalue weighted by atomic mass is 10.2. The molecule has 0 spiro atoms. The average Bonchev–Trinajstić information content (AvgIpc) is 2.86. The fourth-order valence-electron chi connectivity index (χ4n) is 2.24. The Morgan fingerprint density at radius 2 is 2.28 bits per heavy atom. The first kappa shape index (κ1) is 11.3. The van der Waals surface area contributed by atoms with Crippen molar-refractivity contribution in [3.63, 3.8) is 0 Å². The van der Waals surface area contributed by atoms with Gasteiger partial charge in [0.15, 0.2) is 0 Å². The van der Waals surface area contributed by atoms with Crippen molar-refractivity contribution >= 4 is 0 Å². The van der Waals surface area contributed by atoms with E-state index in [1.165, 1.54) is 12.1 Å². The molecule has 1 N–H and O–H groups in total. The third-order valence-electron chi connectivity index (χ3n) is 3.26. The highest BCUT2D eigenvalue weighted by Crippen LogP contribution is 2.23. The fourth-order valence-corrected chi connectivity index (χ4v) is 2.24. The normalized spacial score (nSPS) is 18.1. The maximum atomic E-state index is 13.5. The lowest BCUT2D eigenvalue weighted by molar-refractivity contribution is 0.551. The summed E-state index contributed by atoms with van der Waals surface area (Å²) >= 11 is 0. The molecule has 0 aliphatic carbocycles. The quantitative estimate of drug-likeness (QED) is 0.885. The molecule has 0 fully saturated rings. The van der Waals surface area contributed by atoms with E-state index in [9.17, 15) is 8.78 Å². The summed E-state index contributed by atoms with van der Waals surface area (Å²) in [6.07, 6.45) is 1.92. The standard InChI is InChI=1S/C13H13F2N3/c1-8-11-7-18(17-13(11)5-16-8)6-9-2-3-10(14)4-12(9)15/h2-4,7-8,16H,5-6H2,1H3/t8-/m1/s1. The van der Waals surface area contributed by atoms with Crippen molar-refractivity contribution in [2.45, 2.75) is 26.1 Å². The molecule has 1 aromatic carbocycles. The molecule has 3 rings (SSSR count). The van der Waals surface area contributed by atoms with E-state index in [-0.39, 0.29) is 6.04 Å². The van der Waals surface area contributed by atoms with E-state index in [0.29, 0.717) is 12.1 Å². The fraction of sp³-hybridized carbons (Fsp3) is 0.308. The molecular formula is C13H13F2N3. The van der Waals surface area contributed by atoms with Gasteiger partial charge in [-0.2, -0.15) is 5.10 Å². The van der Waals surface area contributed by atoms with Gasteiger partial charge in [0, 0.05) is 36.0 Å². The number of rotatable bonds is 2. The van der Waals surface area contributed by atoms with Crippen molar-refractivity contribution in [3.8, 4) is 0 Å². The first-order valence-corrected chi connectivity index (χ1v) is 5.87. The van der Waals surface area contributed by atoms with E-state index in [1.807, 2.05) is 6.20 Å². The molecule has 5 heteroatoms. The van der Waals surface area contributed by atoms with Crippen molar-refractivity contribution in [2.24, 2.45) is 0 Å². The Bertz CT molecular complexity index is 592. The Labute approximate surface area is 103 Å². The molecule has 0 saturated heterocycles. The van der Waals surface area contributed by atoms with Crippen LogP contribution in [0.1, 0.15) is 29.8 Å². The smallest absolute Gasteiger partial charge is 0.131 e. The highest BCUT2D eigenvalue weighted by atomic mass is 19.1. The maximum absolute atomic E-state index is 13.5. The van der Waals surface area contributed by atoms with Crippen LogP contribution in [0.25, 0.3) is 0 Å². The lowest BCUT2D eigenvalue weighted by Crippen LogP contribution is -2.11. The molecule has 1 aliphatic rings. The van der Waals surface area contributed by atoms with Crippen LogP contribution in [0.3, 0.4) is 0 Å². The van der Waals surface area contributed by atoms with E-state index in [2.05, 4.69) is 17.3 Å². The van der Waals surface area contributed by atoms with Crippen LogP contribution in [0.5, 0.6) is 0 Å². The minimum absolute atomic E-state index is 0.284. The Morgan fingerprint density at radius 1 is 1.44 bits per heavy atom. The summed E-state index contributed by atoms with van der Waals surface area (Å²) in [7, 11) is 0. The van der Waals surface area contributed by atoms with Gasteiger partial charge in [-0.3, -0.25) is 4.68 Å². The Morgan fingerprint density at radius 3 is 3.00 bits per heavy atom. The van der Waals surface area contributed by atoms with Gasteiger partial charge in [0.2, 0.25) is 0 Å². The van der Waals surface area contributed by atoms with Crippen molar-refractivity contribution in [2.75, 3.05) is 0 Å². The van der Waals surface area contributed by atoms with Gasteiger partial charge in [-0.05, 0) is 13.0 Å².